The van der Waals surface area contributed by atoms with Crippen LogP contribution >= 0.6 is 0 Å². The van der Waals surface area contributed by atoms with E-state index in [4.69, 9.17) is 10.2 Å². The first-order chi connectivity index (χ1) is 8.01. The highest BCUT2D eigenvalue weighted by Gasteiger charge is 2.18. The zero-order chi connectivity index (χ0) is 13.3. The molecule has 0 heterocycles. The summed E-state index contributed by atoms with van der Waals surface area (Å²) >= 11 is 0. The van der Waals surface area contributed by atoms with Gasteiger partial charge < -0.3 is 26.2 Å². The second-order valence-corrected chi connectivity index (χ2v) is 3.23. The fraction of sp³-hybridized carbons (Fsp3) is 0.667. The standard InChI is InChI=1S/C9H17N3O5/c1-10-7(14)2-4-11-9(17)12-6(3-5-13)8(15)16/h6,13H,2-5H2,1H3,(H,10,14)(H,15,16)(H2,11,12,17)/t6-/m0/s1. The van der Waals surface area contributed by atoms with Crippen LogP contribution in [0.25, 0.3) is 0 Å². The molecule has 0 rings (SSSR count). The number of hydrogen-bond acceptors (Lipinski definition) is 4. The number of aliphatic hydroxyl groups excluding tert-OH is 1. The largest absolute Gasteiger partial charge is 0.480 e. The van der Waals surface area contributed by atoms with Crippen LogP contribution in [0.1, 0.15) is 12.8 Å². The van der Waals surface area contributed by atoms with Gasteiger partial charge in [-0.15, -0.1) is 0 Å². The number of aliphatic hydroxyl groups is 1. The van der Waals surface area contributed by atoms with Gasteiger partial charge in [0.1, 0.15) is 6.04 Å². The molecule has 5 N–H and O–H groups in total. The van der Waals surface area contributed by atoms with E-state index in [-0.39, 0.29) is 31.9 Å². The highest BCUT2D eigenvalue weighted by Crippen LogP contribution is 1.91. The Morgan fingerprint density at radius 3 is 2.41 bits per heavy atom. The molecule has 0 unspecified atom stereocenters. The van der Waals surface area contributed by atoms with E-state index in [1.807, 2.05) is 0 Å². The lowest BCUT2D eigenvalue weighted by Gasteiger charge is -2.13. The van der Waals surface area contributed by atoms with Crippen LogP contribution in [0.3, 0.4) is 0 Å². The van der Waals surface area contributed by atoms with E-state index in [1.54, 1.807) is 0 Å². The summed E-state index contributed by atoms with van der Waals surface area (Å²) in [6.45, 7) is -0.230. The Labute approximate surface area is 98.4 Å². The zero-order valence-electron chi connectivity index (χ0n) is 9.52. The minimum absolute atomic E-state index is 0.0712. The number of carbonyl (C=O) groups excluding carboxylic acids is 2. The number of hydrogen-bond donors (Lipinski definition) is 5. The Morgan fingerprint density at radius 2 is 1.94 bits per heavy atom. The molecule has 98 valence electrons. The number of carboxylic acids is 1. The summed E-state index contributed by atoms with van der Waals surface area (Å²) in [5.74, 6) is -1.45. The molecule has 0 radical (unpaired) electrons. The van der Waals surface area contributed by atoms with Crippen LogP contribution in [0, 0.1) is 0 Å². The summed E-state index contributed by atoms with van der Waals surface area (Å²) in [4.78, 5) is 32.7. The molecule has 3 amide bonds. The normalized spacial score (nSPS) is 11.4. The molecule has 8 nitrogen and oxygen atoms in total. The zero-order valence-corrected chi connectivity index (χ0v) is 9.52. The predicted octanol–water partition coefficient (Wildman–Crippen LogP) is -1.74. The van der Waals surface area contributed by atoms with E-state index < -0.39 is 18.0 Å². The topological polar surface area (TPSA) is 128 Å². The van der Waals surface area contributed by atoms with E-state index in [0.29, 0.717) is 0 Å². The molecule has 0 fully saturated rings. The number of carbonyl (C=O) groups is 3. The first-order valence-corrected chi connectivity index (χ1v) is 5.09. The number of urea groups is 1. The summed E-state index contributed by atoms with van der Waals surface area (Å²) in [6.07, 6.45) is 0.0415. The number of aliphatic carboxylic acids is 1. The third kappa shape index (κ3) is 7.12. The van der Waals surface area contributed by atoms with E-state index in [2.05, 4.69) is 16.0 Å². The summed E-state index contributed by atoms with van der Waals surface area (Å²) in [6, 6.07) is -1.82. The van der Waals surface area contributed by atoms with Crippen molar-refractivity contribution in [3.63, 3.8) is 0 Å². The molecular formula is C9H17N3O5. The van der Waals surface area contributed by atoms with Gasteiger partial charge in [0.15, 0.2) is 0 Å². The SMILES string of the molecule is CNC(=O)CCNC(=O)N[C@@H](CCO)C(=O)O. The Kier molecular flexibility index (Phi) is 7.44. The summed E-state index contributed by atoms with van der Waals surface area (Å²) < 4.78 is 0. The van der Waals surface area contributed by atoms with Crippen LogP contribution < -0.4 is 16.0 Å². The van der Waals surface area contributed by atoms with Crippen molar-refractivity contribution >= 4 is 17.9 Å². The van der Waals surface area contributed by atoms with E-state index in [9.17, 15) is 14.4 Å². The highest BCUT2D eigenvalue weighted by atomic mass is 16.4. The lowest BCUT2D eigenvalue weighted by atomic mass is 10.2. The number of carboxylic acid groups (broad SMARTS) is 1. The molecule has 0 aliphatic carbocycles. The second kappa shape index (κ2) is 8.34. The average Bonchev–Trinajstić information content (AvgIpc) is 2.28. The van der Waals surface area contributed by atoms with Crippen molar-refractivity contribution in [1.82, 2.24) is 16.0 Å². The molecule has 0 aliphatic rings. The second-order valence-electron chi connectivity index (χ2n) is 3.23. The van der Waals surface area contributed by atoms with Crippen molar-refractivity contribution in [2.75, 3.05) is 20.2 Å². The van der Waals surface area contributed by atoms with Crippen molar-refractivity contribution in [3.8, 4) is 0 Å². The highest BCUT2D eigenvalue weighted by molar-refractivity contribution is 5.83. The van der Waals surface area contributed by atoms with Crippen LogP contribution in [0.15, 0.2) is 0 Å². The average molecular weight is 247 g/mol. The maximum atomic E-state index is 11.2. The Hall–Kier alpha value is -1.83. The summed E-state index contributed by atoms with van der Waals surface area (Å²) in [5, 5.41) is 24.2. The minimum atomic E-state index is -1.22. The van der Waals surface area contributed by atoms with Gasteiger partial charge in [0.2, 0.25) is 5.91 Å². The third-order valence-electron chi connectivity index (χ3n) is 1.94. The van der Waals surface area contributed by atoms with Crippen LogP contribution in [0.4, 0.5) is 4.79 Å². The lowest BCUT2D eigenvalue weighted by Crippen LogP contribution is -2.47. The Bertz CT molecular complexity index is 282. The molecule has 0 saturated heterocycles. The fourth-order valence-corrected chi connectivity index (χ4v) is 1.01. The molecular weight excluding hydrogens is 230 g/mol. The van der Waals surface area contributed by atoms with Gasteiger partial charge in [-0.3, -0.25) is 4.79 Å². The third-order valence-corrected chi connectivity index (χ3v) is 1.94. The quantitative estimate of drug-likeness (QED) is 0.365. The van der Waals surface area contributed by atoms with Gasteiger partial charge in [0.25, 0.3) is 0 Å². The van der Waals surface area contributed by atoms with Crippen LogP contribution in [-0.4, -0.2) is 54.4 Å². The lowest BCUT2D eigenvalue weighted by molar-refractivity contribution is -0.139. The van der Waals surface area contributed by atoms with Gasteiger partial charge in [-0.2, -0.15) is 0 Å². The van der Waals surface area contributed by atoms with E-state index >= 15 is 0 Å². The molecule has 17 heavy (non-hydrogen) atoms. The van der Waals surface area contributed by atoms with Gasteiger partial charge in [-0.05, 0) is 0 Å². The van der Waals surface area contributed by atoms with Crippen molar-refractivity contribution in [2.45, 2.75) is 18.9 Å². The van der Waals surface area contributed by atoms with Gasteiger partial charge >= 0.3 is 12.0 Å². The van der Waals surface area contributed by atoms with Crippen molar-refractivity contribution < 1.29 is 24.6 Å². The fourth-order valence-electron chi connectivity index (χ4n) is 1.01. The summed E-state index contributed by atoms with van der Waals surface area (Å²) in [7, 11) is 1.48. The molecule has 0 aliphatic heterocycles. The molecule has 0 saturated carbocycles. The van der Waals surface area contributed by atoms with E-state index in [0.717, 1.165) is 0 Å². The maximum Gasteiger partial charge on any atom is 0.326 e. The van der Waals surface area contributed by atoms with Gasteiger partial charge in [-0.1, -0.05) is 0 Å². The molecule has 0 bridgehead atoms. The predicted molar refractivity (Wildman–Crippen MR) is 58.3 cm³/mol. The molecule has 0 aromatic rings. The molecule has 0 spiro atoms. The van der Waals surface area contributed by atoms with Crippen LogP contribution in [0.5, 0.6) is 0 Å². The van der Waals surface area contributed by atoms with Crippen molar-refractivity contribution in [2.24, 2.45) is 0 Å². The molecule has 1 atom stereocenters. The summed E-state index contributed by atoms with van der Waals surface area (Å²) in [5.41, 5.74) is 0. The number of rotatable bonds is 7. The van der Waals surface area contributed by atoms with Gasteiger partial charge in [0.05, 0.1) is 0 Å². The van der Waals surface area contributed by atoms with Crippen LogP contribution in [0.2, 0.25) is 0 Å². The first kappa shape index (κ1) is 15.2. The Balaban J connectivity index is 3.90. The smallest absolute Gasteiger partial charge is 0.326 e. The monoisotopic (exact) mass is 247 g/mol. The number of amides is 3. The molecule has 8 heteroatoms. The van der Waals surface area contributed by atoms with Crippen molar-refractivity contribution in [1.29, 1.82) is 0 Å². The maximum absolute atomic E-state index is 11.2. The van der Waals surface area contributed by atoms with Gasteiger partial charge in [0, 0.05) is 33.0 Å². The number of nitrogens with one attached hydrogen (secondary N) is 3. The Morgan fingerprint density at radius 1 is 1.29 bits per heavy atom. The van der Waals surface area contributed by atoms with Crippen molar-refractivity contribution in [3.05, 3.63) is 0 Å². The molecule has 0 aromatic carbocycles. The van der Waals surface area contributed by atoms with E-state index in [1.165, 1.54) is 7.05 Å². The molecule has 0 aromatic heterocycles. The van der Waals surface area contributed by atoms with Gasteiger partial charge in [-0.25, -0.2) is 9.59 Å². The van der Waals surface area contributed by atoms with Crippen LogP contribution in [-0.2, 0) is 9.59 Å². The minimum Gasteiger partial charge on any atom is -0.480 e. The first-order valence-electron chi connectivity index (χ1n) is 5.09.